The van der Waals surface area contributed by atoms with Gasteiger partial charge in [0.1, 0.15) is 5.92 Å². The number of amides is 1. The maximum absolute atomic E-state index is 12.8. The molecule has 0 aromatic heterocycles. The van der Waals surface area contributed by atoms with Gasteiger partial charge in [-0.25, -0.2) is 0 Å². The molecular weight excluding hydrogens is 279 g/mol. The Balaban J connectivity index is 2.70. The number of carbonyl (C=O) groups excluding carboxylic acids is 1. The van der Waals surface area contributed by atoms with E-state index in [-0.39, 0.29) is 19.0 Å². The van der Waals surface area contributed by atoms with Gasteiger partial charge in [0.05, 0.1) is 10.4 Å². The summed E-state index contributed by atoms with van der Waals surface area (Å²) < 4.78 is 38.3. The van der Waals surface area contributed by atoms with Gasteiger partial charge in [-0.05, 0) is 19.9 Å². The fourth-order valence-electron chi connectivity index (χ4n) is 2.31. The van der Waals surface area contributed by atoms with Gasteiger partial charge >= 0.3 is 6.18 Å². The van der Waals surface area contributed by atoms with E-state index in [4.69, 9.17) is 5.73 Å². The average Bonchev–Trinajstić information content (AvgIpc) is 2.66. The number of nitrogens with zero attached hydrogens (tertiary/aromatic N) is 1. The van der Waals surface area contributed by atoms with Gasteiger partial charge in [0.15, 0.2) is 0 Å². The predicted molar refractivity (Wildman–Crippen MR) is 69.6 cm³/mol. The Morgan fingerprint density at radius 1 is 1.58 bits per heavy atom. The van der Waals surface area contributed by atoms with Crippen molar-refractivity contribution >= 4 is 23.1 Å². The van der Waals surface area contributed by atoms with Crippen molar-refractivity contribution in [3.63, 3.8) is 0 Å². The van der Waals surface area contributed by atoms with E-state index in [0.717, 1.165) is 0 Å². The minimum Gasteiger partial charge on any atom is -0.393 e. The van der Waals surface area contributed by atoms with Gasteiger partial charge in [-0.1, -0.05) is 12.2 Å². The Hall–Kier alpha value is -0.890. The molecule has 110 valence electrons. The summed E-state index contributed by atoms with van der Waals surface area (Å²) in [6.45, 7) is 2.17. The number of hydrogen-bond donors (Lipinski definition) is 2. The first-order chi connectivity index (χ1) is 8.60. The fourth-order valence-corrected chi connectivity index (χ4v) is 2.52. The Morgan fingerprint density at radius 3 is 2.58 bits per heavy atom. The first-order valence-corrected chi connectivity index (χ1v) is 6.31. The summed E-state index contributed by atoms with van der Waals surface area (Å²) in [6, 6.07) is 0. The van der Waals surface area contributed by atoms with Gasteiger partial charge in [0.2, 0.25) is 5.91 Å². The normalized spacial score (nSPS) is 26.2. The summed E-state index contributed by atoms with van der Waals surface area (Å²) in [5.41, 5.74) is 4.51. The largest absolute Gasteiger partial charge is 0.399 e. The fraction of sp³-hybridized carbons (Fsp3) is 0.818. The van der Waals surface area contributed by atoms with Crippen LogP contribution in [0.1, 0.15) is 13.3 Å². The molecule has 0 radical (unpaired) electrons. The smallest absolute Gasteiger partial charge is 0.393 e. The van der Waals surface area contributed by atoms with E-state index >= 15 is 0 Å². The van der Waals surface area contributed by atoms with Gasteiger partial charge < -0.3 is 16.0 Å². The highest BCUT2D eigenvalue weighted by atomic mass is 32.1. The molecule has 0 bridgehead atoms. The number of likely N-dealkylation sites (tertiary alicyclic amines) is 1. The van der Waals surface area contributed by atoms with Crippen LogP contribution >= 0.6 is 12.2 Å². The van der Waals surface area contributed by atoms with Crippen LogP contribution in [0.5, 0.6) is 0 Å². The molecule has 1 aliphatic rings. The molecule has 0 spiro atoms. The van der Waals surface area contributed by atoms with Crippen LogP contribution in [0.15, 0.2) is 0 Å². The van der Waals surface area contributed by atoms with Crippen LogP contribution in [0.4, 0.5) is 13.2 Å². The molecule has 1 amide bonds. The number of nitrogens with one attached hydrogen (secondary N) is 1. The molecule has 8 heteroatoms. The van der Waals surface area contributed by atoms with Crippen LogP contribution in [-0.2, 0) is 4.79 Å². The van der Waals surface area contributed by atoms with Crippen molar-refractivity contribution in [1.29, 1.82) is 0 Å². The van der Waals surface area contributed by atoms with Crippen LogP contribution < -0.4 is 11.1 Å². The zero-order valence-electron chi connectivity index (χ0n) is 10.9. The minimum absolute atomic E-state index is 0.158. The first-order valence-electron chi connectivity index (χ1n) is 5.91. The molecule has 0 aromatic rings. The van der Waals surface area contributed by atoms with Crippen LogP contribution in [0.3, 0.4) is 0 Å². The lowest BCUT2D eigenvalue weighted by molar-refractivity contribution is -0.158. The summed E-state index contributed by atoms with van der Waals surface area (Å²) >= 11 is 4.48. The lowest BCUT2D eigenvalue weighted by Crippen LogP contribution is -2.44. The lowest BCUT2D eigenvalue weighted by Gasteiger charge is -2.26. The number of carbonyl (C=O) groups is 1. The van der Waals surface area contributed by atoms with E-state index in [1.165, 1.54) is 7.05 Å². The molecule has 19 heavy (non-hydrogen) atoms. The lowest BCUT2D eigenvalue weighted by atomic mass is 9.89. The molecule has 2 unspecified atom stereocenters. The van der Waals surface area contributed by atoms with Crippen LogP contribution in [-0.4, -0.2) is 48.7 Å². The molecule has 0 aromatic carbocycles. The summed E-state index contributed by atoms with van der Waals surface area (Å²) in [5, 5.41) is 2.54. The van der Waals surface area contributed by atoms with Gasteiger partial charge in [0, 0.05) is 20.1 Å². The van der Waals surface area contributed by atoms with Crippen LogP contribution in [0, 0.1) is 11.3 Å². The van der Waals surface area contributed by atoms with Crippen molar-refractivity contribution in [2.24, 2.45) is 17.1 Å². The third kappa shape index (κ3) is 3.79. The number of rotatable bonds is 4. The molecule has 4 nitrogen and oxygen atoms in total. The summed E-state index contributed by atoms with van der Waals surface area (Å²) in [4.78, 5) is 12.7. The first kappa shape index (κ1) is 16.2. The van der Waals surface area contributed by atoms with Crippen molar-refractivity contribution in [3.8, 4) is 0 Å². The molecule has 2 atom stereocenters. The van der Waals surface area contributed by atoms with E-state index in [1.54, 1.807) is 11.8 Å². The maximum atomic E-state index is 12.8. The average molecular weight is 297 g/mol. The molecule has 1 fully saturated rings. The molecular formula is C11H18F3N3OS. The van der Waals surface area contributed by atoms with Gasteiger partial charge in [-0.2, -0.15) is 13.2 Å². The topological polar surface area (TPSA) is 58.4 Å². The molecule has 1 aliphatic heterocycles. The molecule has 1 heterocycles. The number of halogens is 3. The van der Waals surface area contributed by atoms with E-state index < -0.39 is 22.5 Å². The van der Waals surface area contributed by atoms with Gasteiger partial charge in [0.25, 0.3) is 0 Å². The third-order valence-corrected chi connectivity index (χ3v) is 3.79. The molecule has 0 saturated carbocycles. The Bertz CT molecular complexity index is 375. The highest BCUT2D eigenvalue weighted by Gasteiger charge is 2.46. The highest BCUT2D eigenvalue weighted by Crippen LogP contribution is 2.33. The van der Waals surface area contributed by atoms with Crippen molar-refractivity contribution in [2.75, 3.05) is 26.7 Å². The van der Waals surface area contributed by atoms with Crippen LogP contribution in [0.25, 0.3) is 0 Å². The van der Waals surface area contributed by atoms with Crippen molar-refractivity contribution in [2.45, 2.75) is 19.5 Å². The Morgan fingerprint density at radius 2 is 2.16 bits per heavy atom. The van der Waals surface area contributed by atoms with E-state index in [9.17, 15) is 18.0 Å². The second-order valence-corrected chi connectivity index (χ2v) is 5.59. The highest BCUT2D eigenvalue weighted by molar-refractivity contribution is 7.80. The number of nitrogens with two attached hydrogens (primary N) is 1. The summed E-state index contributed by atoms with van der Waals surface area (Å²) in [5.74, 6) is -1.98. The zero-order chi connectivity index (χ0) is 14.8. The number of thiocarbonyl (C=S) groups is 1. The molecule has 0 aliphatic carbocycles. The Kier molecular flexibility index (Phi) is 4.78. The zero-order valence-corrected chi connectivity index (χ0v) is 11.7. The van der Waals surface area contributed by atoms with Crippen molar-refractivity contribution in [1.82, 2.24) is 10.2 Å². The second kappa shape index (κ2) is 5.62. The summed E-state index contributed by atoms with van der Waals surface area (Å²) in [6.07, 6.45) is -3.92. The maximum Gasteiger partial charge on any atom is 0.399 e. The monoisotopic (exact) mass is 297 g/mol. The van der Waals surface area contributed by atoms with Crippen molar-refractivity contribution < 1.29 is 18.0 Å². The van der Waals surface area contributed by atoms with Gasteiger partial charge in [-0.3, -0.25) is 4.79 Å². The number of alkyl halides is 3. The minimum atomic E-state index is -4.45. The molecule has 1 rings (SSSR count). The molecule has 1 saturated heterocycles. The van der Waals surface area contributed by atoms with Crippen LogP contribution in [0.2, 0.25) is 0 Å². The SMILES string of the molecule is CNC(=O)C1(C)CCN(CC(C(N)=S)C(F)(F)F)C1. The quantitative estimate of drug-likeness (QED) is 0.757. The van der Waals surface area contributed by atoms with E-state index in [2.05, 4.69) is 17.5 Å². The van der Waals surface area contributed by atoms with E-state index in [0.29, 0.717) is 13.0 Å². The standard InChI is InChI=1S/C11H18F3N3OS/c1-10(9(18)16-2)3-4-17(6-10)5-7(8(15)19)11(12,13)14/h7H,3-6H2,1-2H3,(H2,15,19)(H,16,18). The number of hydrogen-bond acceptors (Lipinski definition) is 3. The van der Waals surface area contributed by atoms with Crippen molar-refractivity contribution in [3.05, 3.63) is 0 Å². The van der Waals surface area contributed by atoms with E-state index in [1.807, 2.05) is 0 Å². The molecule has 3 N–H and O–H groups in total. The third-order valence-electron chi connectivity index (χ3n) is 3.51. The second-order valence-electron chi connectivity index (χ2n) is 5.12. The predicted octanol–water partition coefficient (Wildman–Crippen LogP) is 0.909. The van der Waals surface area contributed by atoms with Gasteiger partial charge in [-0.15, -0.1) is 0 Å². The summed E-state index contributed by atoms with van der Waals surface area (Å²) in [7, 11) is 1.52. The Labute approximate surface area is 115 Å².